The van der Waals surface area contributed by atoms with E-state index < -0.39 is 0 Å². The van der Waals surface area contributed by atoms with Gasteiger partial charge in [0.05, 0.1) is 0 Å². The Morgan fingerprint density at radius 3 is 2.75 bits per heavy atom. The second-order valence-electron chi connectivity index (χ2n) is 3.94. The van der Waals surface area contributed by atoms with E-state index in [2.05, 4.69) is 20.4 Å². The predicted octanol–water partition coefficient (Wildman–Crippen LogP) is 2.88. The highest BCUT2D eigenvalue weighted by molar-refractivity contribution is 5.73. The second-order valence-corrected chi connectivity index (χ2v) is 3.94. The summed E-state index contributed by atoms with van der Waals surface area (Å²) in [5, 5.41) is 0. The molecule has 1 nitrogen and oxygen atoms in total. The van der Waals surface area contributed by atoms with Crippen LogP contribution in [0.25, 0.3) is 0 Å². The molecule has 1 aliphatic carbocycles. The maximum Gasteiger partial charge on any atom is 0.145 e. The van der Waals surface area contributed by atoms with E-state index in [9.17, 15) is 4.79 Å². The van der Waals surface area contributed by atoms with Gasteiger partial charge < -0.3 is 0 Å². The number of carbonyl (C=O) groups excluding carboxylic acids is 1. The van der Waals surface area contributed by atoms with Gasteiger partial charge in [0, 0.05) is 0 Å². The van der Waals surface area contributed by atoms with Crippen molar-refractivity contribution < 1.29 is 4.79 Å². The van der Waals surface area contributed by atoms with Crippen molar-refractivity contribution in [3.63, 3.8) is 0 Å². The third-order valence-electron chi connectivity index (χ3n) is 2.96. The molecule has 12 heavy (non-hydrogen) atoms. The van der Waals surface area contributed by atoms with Crippen molar-refractivity contribution in [3.05, 3.63) is 23.8 Å². The molecule has 0 fully saturated rings. The number of aldehydes is 1. The highest BCUT2D eigenvalue weighted by atomic mass is 16.1. The van der Waals surface area contributed by atoms with Gasteiger partial charge in [-0.25, -0.2) is 0 Å². The lowest BCUT2D eigenvalue weighted by Gasteiger charge is -2.32. The molecule has 1 atom stereocenters. The molecule has 0 N–H and O–H groups in total. The maximum atomic E-state index is 10.5. The van der Waals surface area contributed by atoms with Gasteiger partial charge in [0.25, 0.3) is 0 Å². The van der Waals surface area contributed by atoms with Gasteiger partial charge in [-0.1, -0.05) is 25.2 Å². The molecular formula is C11H16O. The Balaban J connectivity index is 2.73. The average Bonchev–Trinajstić information content (AvgIpc) is 2.06. The summed E-state index contributed by atoms with van der Waals surface area (Å²) in [6, 6.07) is 0. The standard InChI is InChI=1S/C11H16O/c1-9(2)11(3)6-4-10(8-12)5-7-11/h4,8H,1,5-7H2,2-3H3/t11-/m0/s1. The fraction of sp³-hybridized carbons (Fsp3) is 0.545. The lowest BCUT2D eigenvalue weighted by Crippen LogP contribution is -2.20. The molecule has 0 bridgehead atoms. The molecule has 0 spiro atoms. The van der Waals surface area contributed by atoms with Crippen LogP contribution in [-0.2, 0) is 4.79 Å². The third kappa shape index (κ3) is 1.66. The Labute approximate surface area is 74.2 Å². The van der Waals surface area contributed by atoms with E-state index in [0.29, 0.717) is 0 Å². The van der Waals surface area contributed by atoms with Gasteiger partial charge >= 0.3 is 0 Å². The van der Waals surface area contributed by atoms with Crippen LogP contribution in [0.2, 0.25) is 0 Å². The molecule has 0 radical (unpaired) electrons. The molecule has 0 aliphatic heterocycles. The number of hydrogen-bond acceptors (Lipinski definition) is 1. The predicted molar refractivity (Wildman–Crippen MR) is 50.9 cm³/mol. The zero-order chi connectivity index (χ0) is 9.19. The highest BCUT2D eigenvalue weighted by Gasteiger charge is 2.27. The molecule has 66 valence electrons. The summed E-state index contributed by atoms with van der Waals surface area (Å²) in [6.45, 7) is 8.27. The molecule has 1 aliphatic rings. The second kappa shape index (κ2) is 3.26. The largest absolute Gasteiger partial charge is 0.298 e. The summed E-state index contributed by atoms with van der Waals surface area (Å²) in [7, 11) is 0. The Bertz CT molecular complexity index is 237. The molecule has 0 saturated heterocycles. The first-order chi connectivity index (χ1) is 5.58. The quantitative estimate of drug-likeness (QED) is 0.453. The third-order valence-corrected chi connectivity index (χ3v) is 2.96. The summed E-state index contributed by atoms with van der Waals surface area (Å²) in [5.74, 6) is 0. The van der Waals surface area contributed by atoms with Gasteiger partial charge in [-0.05, 0) is 37.2 Å². The van der Waals surface area contributed by atoms with Gasteiger partial charge in [-0.3, -0.25) is 4.79 Å². The molecule has 1 rings (SSSR count). The van der Waals surface area contributed by atoms with E-state index >= 15 is 0 Å². The van der Waals surface area contributed by atoms with Gasteiger partial charge in [0.1, 0.15) is 6.29 Å². The lowest BCUT2D eigenvalue weighted by molar-refractivity contribution is -0.105. The minimum Gasteiger partial charge on any atom is -0.298 e. The summed E-state index contributed by atoms with van der Waals surface area (Å²) in [6.07, 6.45) is 5.96. The molecule has 0 heterocycles. The molecule has 1 heteroatoms. The Morgan fingerprint density at radius 2 is 2.42 bits per heavy atom. The van der Waals surface area contributed by atoms with Crippen LogP contribution in [0.4, 0.5) is 0 Å². The van der Waals surface area contributed by atoms with E-state index in [0.717, 1.165) is 31.1 Å². The molecule has 0 unspecified atom stereocenters. The van der Waals surface area contributed by atoms with Crippen molar-refractivity contribution in [1.82, 2.24) is 0 Å². The normalized spacial score (nSPS) is 29.3. The summed E-state index contributed by atoms with van der Waals surface area (Å²) < 4.78 is 0. The fourth-order valence-electron chi connectivity index (χ4n) is 1.48. The zero-order valence-corrected chi connectivity index (χ0v) is 7.89. The van der Waals surface area contributed by atoms with Crippen LogP contribution >= 0.6 is 0 Å². The number of allylic oxidation sites excluding steroid dienone is 3. The molecule has 0 saturated carbocycles. The summed E-state index contributed by atoms with van der Waals surface area (Å²) >= 11 is 0. The fourth-order valence-corrected chi connectivity index (χ4v) is 1.48. The van der Waals surface area contributed by atoms with Gasteiger partial charge in [-0.15, -0.1) is 0 Å². The van der Waals surface area contributed by atoms with Gasteiger partial charge in [0.15, 0.2) is 0 Å². The number of carbonyl (C=O) groups is 1. The minimum absolute atomic E-state index is 0.229. The van der Waals surface area contributed by atoms with Crippen molar-refractivity contribution in [2.75, 3.05) is 0 Å². The van der Waals surface area contributed by atoms with Crippen molar-refractivity contribution in [2.45, 2.75) is 33.1 Å². The van der Waals surface area contributed by atoms with E-state index in [1.807, 2.05) is 6.08 Å². The highest BCUT2D eigenvalue weighted by Crippen LogP contribution is 2.39. The first kappa shape index (κ1) is 9.24. The minimum atomic E-state index is 0.229. The van der Waals surface area contributed by atoms with Crippen LogP contribution in [-0.4, -0.2) is 6.29 Å². The number of hydrogen-bond donors (Lipinski definition) is 0. The molecule has 0 aromatic heterocycles. The summed E-state index contributed by atoms with van der Waals surface area (Å²) in [5.41, 5.74) is 2.41. The SMILES string of the molecule is C=C(C)[C@@]1(C)CC=C(C=O)CC1. The first-order valence-electron chi connectivity index (χ1n) is 4.39. The van der Waals surface area contributed by atoms with Crippen LogP contribution in [0.5, 0.6) is 0 Å². The van der Waals surface area contributed by atoms with Crippen molar-refractivity contribution in [1.29, 1.82) is 0 Å². The van der Waals surface area contributed by atoms with E-state index in [1.165, 1.54) is 5.57 Å². The smallest absolute Gasteiger partial charge is 0.145 e. The van der Waals surface area contributed by atoms with E-state index in [4.69, 9.17) is 0 Å². The molecule has 0 aromatic carbocycles. The topological polar surface area (TPSA) is 17.1 Å². The Kier molecular flexibility index (Phi) is 2.51. The zero-order valence-electron chi connectivity index (χ0n) is 7.89. The van der Waals surface area contributed by atoms with E-state index in [1.54, 1.807) is 0 Å². The Hall–Kier alpha value is -0.850. The van der Waals surface area contributed by atoms with Gasteiger partial charge in [-0.2, -0.15) is 0 Å². The molecule has 0 amide bonds. The van der Waals surface area contributed by atoms with E-state index in [-0.39, 0.29) is 5.41 Å². The van der Waals surface area contributed by atoms with Crippen LogP contribution in [0.3, 0.4) is 0 Å². The lowest BCUT2D eigenvalue weighted by atomic mass is 9.72. The van der Waals surface area contributed by atoms with Crippen molar-refractivity contribution in [2.24, 2.45) is 5.41 Å². The van der Waals surface area contributed by atoms with Crippen LogP contribution in [0.15, 0.2) is 23.8 Å². The van der Waals surface area contributed by atoms with Crippen LogP contribution < -0.4 is 0 Å². The van der Waals surface area contributed by atoms with Crippen LogP contribution in [0.1, 0.15) is 33.1 Å². The average molecular weight is 164 g/mol. The maximum absolute atomic E-state index is 10.5. The van der Waals surface area contributed by atoms with Gasteiger partial charge in [0.2, 0.25) is 0 Å². The number of rotatable bonds is 2. The van der Waals surface area contributed by atoms with Crippen molar-refractivity contribution in [3.8, 4) is 0 Å². The Morgan fingerprint density at radius 1 is 1.75 bits per heavy atom. The summed E-state index contributed by atoms with van der Waals surface area (Å²) in [4.78, 5) is 10.5. The molecule has 0 aromatic rings. The van der Waals surface area contributed by atoms with Crippen molar-refractivity contribution >= 4 is 6.29 Å². The molecular weight excluding hydrogens is 148 g/mol. The monoisotopic (exact) mass is 164 g/mol. The van der Waals surface area contributed by atoms with Crippen LogP contribution in [0, 0.1) is 5.41 Å². The first-order valence-corrected chi connectivity index (χ1v) is 4.39.